The summed E-state index contributed by atoms with van der Waals surface area (Å²) in [4.78, 5) is 31.0. The number of ketones is 1. The number of hydrogen-bond acceptors (Lipinski definition) is 7. The molecule has 0 heterocycles. The molecular formula is C10H10N2O7. The van der Waals surface area contributed by atoms with Crippen LogP contribution in [0.2, 0.25) is 0 Å². The lowest BCUT2D eigenvalue weighted by atomic mass is 10.1. The van der Waals surface area contributed by atoms with E-state index in [2.05, 4.69) is 4.74 Å². The second-order valence-electron chi connectivity index (χ2n) is 3.59. The van der Waals surface area contributed by atoms with Gasteiger partial charge in [-0.25, -0.2) is 0 Å². The fourth-order valence-corrected chi connectivity index (χ4v) is 1.58. The number of aliphatic hydroxyl groups is 1. The van der Waals surface area contributed by atoms with E-state index >= 15 is 0 Å². The van der Waals surface area contributed by atoms with E-state index in [0.717, 1.165) is 6.07 Å². The molecular weight excluding hydrogens is 260 g/mol. The van der Waals surface area contributed by atoms with Gasteiger partial charge < -0.3 is 9.84 Å². The molecule has 0 saturated carbocycles. The Morgan fingerprint density at radius 3 is 2.26 bits per heavy atom. The van der Waals surface area contributed by atoms with E-state index in [0.29, 0.717) is 0 Å². The van der Waals surface area contributed by atoms with E-state index in [-0.39, 0.29) is 17.8 Å². The summed E-state index contributed by atoms with van der Waals surface area (Å²) in [5.41, 5.74) is -1.75. The molecule has 102 valence electrons. The molecule has 19 heavy (non-hydrogen) atoms. The summed E-state index contributed by atoms with van der Waals surface area (Å²) >= 11 is 0. The van der Waals surface area contributed by atoms with E-state index in [4.69, 9.17) is 5.11 Å². The van der Waals surface area contributed by atoms with Crippen molar-refractivity contribution < 1.29 is 24.5 Å². The molecule has 1 rings (SSSR count). The Kier molecular flexibility index (Phi) is 4.48. The third kappa shape index (κ3) is 3.22. The van der Waals surface area contributed by atoms with Crippen molar-refractivity contribution in [1.82, 2.24) is 0 Å². The minimum absolute atomic E-state index is 0.0745. The van der Waals surface area contributed by atoms with Gasteiger partial charge in [-0.15, -0.1) is 0 Å². The predicted molar refractivity (Wildman–Crippen MR) is 61.8 cm³/mol. The van der Waals surface area contributed by atoms with Crippen LogP contribution in [-0.2, 0) is 11.2 Å². The first kappa shape index (κ1) is 14.5. The third-order valence-electron chi connectivity index (χ3n) is 2.22. The Labute approximate surface area is 106 Å². The Bertz CT molecular complexity index is 541. The van der Waals surface area contributed by atoms with E-state index < -0.39 is 33.8 Å². The molecule has 1 aromatic rings. The molecule has 0 atom stereocenters. The van der Waals surface area contributed by atoms with Crippen LogP contribution in [0.25, 0.3) is 0 Å². The number of Topliss-reactive ketones (excluding diaryl/α,β-unsaturated/α-hetero) is 1. The number of ether oxygens (including phenoxy) is 1. The van der Waals surface area contributed by atoms with E-state index in [9.17, 15) is 25.0 Å². The van der Waals surface area contributed by atoms with Gasteiger partial charge in [0.05, 0.1) is 9.85 Å². The van der Waals surface area contributed by atoms with Gasteiger partial charge in [0, 0.05) is 12.0 Å². The molecule has 0 saturated heterocycles. The number of benzene rings is 1. The lowest BCUT2D eigenvalue weighted by Gasteiger charge is -2.06. The monoisotopic (exact) mass is 270 g/mol. The molecule has 0 aromatic heterocycles. The highest BCUT2D eigenvalue weighted by Crippen LogP contribution is 2.39. The Morgan fingerprint density at radius 2 is 1.84 bits per heavy atom. The van der Waals surface area contributed by atoms with Gasteiger partial charge in [-0.2, -0.15) is 0 Å². The molecule has 0 aliphatic heterocycles. The minimum atomic E-state index is -0.979. The van der Waals surface area contributed by atoms with Gasteiger partial charge in [-0.05, 0) is 19.1 Å². The number of nitro groups is 2. The second-order valence-corrected chi connectivity index (χ2v) is 3.59. The maximum Gasteiger partial charge on any atom is 0.387 e. The summed E-state index contributed by atoms with van der Waals surface area (Å²) in [6.07, 6.45) is -0.295. The zero-order valence-electron chi connectivity index (χ0n) is 9.86. The van der Waals surface area contributed by atoms with Crippen LogP contribution in [0.4, 0.5) is 11.4 Å². The number of nitrogens with zero attached hydrogens (tertiary/aromatic N) is 2. The lowest BCUT2D eigenvalue weighted by Crippen LogP contribution is -2.07. The summed E-state index contributed by atoms with van der Waals surface area (Å²) < 4.78 is 4.57. The lowest BCUT2D eigenvalue weighted by molar-refractivity contribution is -0.423. The first-order valence-electron chi connectivity index (χ1n) is 5.06. The fourth-order valence-electron chi connectivity index (χ4n) is 1.58. The van der Waals surface area contributed by atoms with Crippen molar-refractivity contribution in [3.05, 3.63) is 37.9 Å². The first-order chi connectivity index (χ1) is 8.88. The smallest absolute Gasteiger partial charge is 0.387 e. The second kappa shape index (κ2) is 5.87. The van der Waals surface area contributed by atoms with Gasteiger partial charge in [0.25, 0.3) is 0 Å². The van der Waals surface area contributed by atoms with Crippen LogP contribution in [0.15, 0.2) is 12.1 Å². The highest BCUT2D eigenvalue weighted by atomic mass is 16.6. The molecule has 0 spiro atoms. The molecule has 9 nitrogen and oxygen atoms in total. The van der Waals surface area contributed by atoms with Gasteiger partial charge in [-0.1, -0.05) is 0 Å². The van der Waals surface area contributed by atoms with Crippen molar-refractivity contribution in [1.29, 1.82) is 0 Å². The summed E-state index contributed by atoms with van der Waals surface area (Å²) in [7, 11) is 0. The van der Waals surface area contributed by atoms with Crippen LogP contribution in [0.5, 0.6) is 5.75 Å². The van der Waals surface area contributed by atoms with Crippen LogP contribution < -0.4 is 4.74 Å². The summed E-state index contributed by atoms with van der Waals surface area (Å²) in [6.45, 7) is 0.359. The van der Waals surface area contributed by atoms with Crippen LogP contribution >= 0.6 is 0 Å². The minimum Gasteiger partial charge on any atom is -0.460 e. The van der Waals surface area contributed by atoms with Gasteiger partial charge >= 0.3 is 11.4 Å². The Balaban J connectivity index is 3.53. The van der Waals surface area contributed by atoms with E-state index in [1.165, 1.54) is 13.0 Å². The predicted octanol–water partition coefficient (Wildman–Crippen LogP) is 0.963. The highest BCUT2D eigenvalue weighted by molar-refractivity contribution is 5.81. The van der Waals surface area contributed by atoms with Crippen LogP contribution in [-0.4, -0.2) is 27.5 Å². The van der Waals surface area contributed by atoms with Crippen molar-refractivity contribution >= 4 is 17.2 Å². The van der Waals surface area contributed by atoms with Gasteiger partial charge in [0.2, 0.25) is 5.75 Å². The highest BCUT2D eigenvalue weighted by Gasteiger charge is 2.33. The quantitative estimate of drug-likeness (QED) is 0.462. The number of rotatable bonds is 6. The topological polar surface area (TPSA) is 133 Å². The van der Waals surface area contributed by atoms with Crippen molar-refractivity contribution in [3.63, 3.8) is 0 Å². The summed E-state index contributed by atoms with van der Waals surface area (Å²) in [5.74, 6) is -0.792. The first-order valence-corrected chi connectivity index (χ1v) is 5.06. The molecule has 0 bridgehead atoms. The fraction of sp³-hybridized carbons (Fsp3) is 0.300. The van der Waals surface area contributed by atoms with Crippen molar-refractivity contribution in [2.24, 2.45) is 0 Å². The third-order valence-corrected chi connectivity index (χ3v) is 2.22. The normalized spacial score (nSPS) is 10.0. The molecule has 0 aliphatic rings. The number of aliphatic hydroxyl groups excluding tert-OH is 1. The Morgan fingerprint density at radius 1 is 1.26 bits per heavy atom. The molecule has 1 N–H and O–H groups in total. The zero-order chi connectivity index (χ0) is 14.6. The molecule has 9 heteroatoms. The number of carbonyl (C=O) groups excluding carboxylic acids is 1. The molecule has 0 aliphatic carbocycles. The average Bonchev–Trinajstić information content (AvgIpc) is 2.29. The number of nitro benzene ring substituents is 2. The number of carbonyl (C=O) groups is 1. The van der Waals surface area contributed by atoms with Crippen LogP contribution in [0.3, 0.4) is 0 Å². The molecule has 0 fully saturated rings. The van der Waals surface area contributed by atoms with Crippen molar-refractivity contribution in [3.8, 4) is 5.75 Å². The van der Waals surface area contributed by atoms with Crippen molar-refractivity contribution in [2.75, 3.05) is 6.79 Å². The van der Waals surface area contributed by atoms with Gasteiger partial charge in [0.15, 0.2) is 6.79 Å². The summed E-state index contributed by atoms with van der Waals surface area (Å²) in [5, 5.41) is 30.5. The van der Waals surface area contributed by atoms with Gasteiger partial charge in [-0.3, -0.25) is 25.0 Å². The SMILES string of the molecule is CC(=O)Cc1ccc(OCO)c([N+](=O)[O-])c1[N+](=O)[O-]. The summed E-state index contributed by atoms with van der Waals surface area (Å²) in [6, 6.07) is 2.30. The maximum absolute atomic E-state index is 11.0. The average molecular weight is 270 g/mol. The van der Waals surface area contributed by atoms with Crippen molar-refractivity contribution in [2.45, 2.75) is 13.3 Å². The largest absolute Gasteiger partial charge is 0.460 e. The molecule has 0 radical (unpaired) electrons. The van der Waals surface area contributed by atoms with Crippen LogP contribution in [0, 0.1) is 20.2 Å². The van der Waals surface area contributed by atoms with Crippen LogP contribution in [0.1, 0.15) is 12.5 Å². The number of hydrogen-bond donors (Lipinski definition) is 1. The molecule has 1 aromatic carbocycles. The van der Waals surface area contributed by atoms with E-state index in [1.54, 1.807) is 0 Å². The Hall–Kier alpha value is -2.55. The zero-order valence-corrected chi connectivity index (χ0v) is 9.86. The molecule has 0 amide bonds. The van der Waals surface area contributed by atoms with Gasteiger partial charge in [0.1, 0.15) is 5.78 Å². The maximum atomic E-state index is 11.0. The standard InChI is InChI=1S/C10H10N2O7/c1-6(14)4-7-2-3-8(19-5-13)10(12(17)18)9(7)11(15)16/h2-3,13H,4-5H2,1H3. The molecule has 0 unspecified atom stereocenters. The van der Waals surface area contributed by atoms with E-state index in [1.807, 2.05) is 0 Å².